The van der Waals surface area contributed by atoms with Crippen molar-refractivity contribution in [3.63, 3.8) is 0 Å². The van der Waals surface area contributed by atoms with Gasteiger partial charge in [-0.2, -0.15) is 5.10 Å². The van der Waals surface area contributed by atoms with Gasteiger partial charge < -0.3 is 15.0 Å². The minimum atomic E-state index is -3.25. The molecule has 0 saturated carbocycles. The fourth-order valence-corrected chi connectivity index (χ4v) is 5.10. The monoisotopic (exact) mass is 620 g/mol. The van der Waals surface area contributed by atoms with Crippen LogP contribution in [0, 0.1) is 12.3 Å². The third-order valence-electron chi connectivity index (χ3n) is 6.97. The zero-order chi connectivity index (χ0) is 32.2. The summed E-state index contributed by atoms with van der Waals surface area (Å²) in [5, 5.41) is 12.2. The van der Waals surface area contributed by atoms with Crippen molar-refractivity contribution in [3.8, 4) is 11.4 Å². The fraction of sp³-hybridized carbons (Fsp3) is 0.419. The van der Waals surface area contributed by atoms with E-state index in [0.717, 1.165) is 41.0 Å². The highest BCUT2D eigenvalue weighted by molar-refractivity contribution is 7.88. The summed E-state index contributed by atoms with van der Waals surface area (Å²) < 4.78 is 25.5. The molecule has 0 saturated heterocycles. The van der Waals surface area contributed by atoms with Crippen LogP contribution in [0.2, 0.25) is 0 Å². The van der Waals surface area contributed by atoms with Gasteiger partial charge in [0.05, 0.1) is 17.7 Å². The van der Waals surface area contributed by atoms with E-state index in [1.807, 2.05) is 44.2 Å². The van der Waals surface area contributed by atoms with Crippen LogP contribution in [0.25, 0.3) is 11.4 Å². The predicted octanol–water partition coefficient (Wildman–Crippen LogP) is 4.32. The minimum Gasteiger partial charge on any atom is -0.370 e. The first-order chi connectivity index (χ1) is 20.6. The Bertz CT molecular complexity index is 1720. The lowest BCUT2D eigenvalue weighted by atomic mass is 9.87. The second-order valence-corrected chi connectivity index (χ2v) is 13.7. The van der Waals surface area contributed by atoms with Crippen LogP contribution in [0.1, 0.15) is 58.8 Å². The Kier molecular flexibility index (Phi) is 9.79. The normalized spacial score (nSPS) is 14.0. The zero-order valence-electron chi connectivity index (χ0n) is 26.3. The molecule has 3 aromatic rings. The molecule has 1 aromatic heterocycles. The quantitative estimate of drug-likeness (QED) is 0.306. The largest absolute Gasteiger partial charge is 0.370 e. The van der Waals surface area contributed by atoms with E-state index < -0.39 is 10.0 Å². The van der Waals surface area contributed by atoms with Gasteiger partial charge in [-0.05, 0) is 68.8 Å². The Balaban J connectivity index is 1.59. The molecule has 12 nitrogen and oxygen atoms in total. The van der Waals surface area contributed by atoms with Crippen molar-refractivity contribution < 1.29 is 18.0 Å². The fourth-order valence-electron chi connectivity index (χ4n) is 4.63. The van der Waals surface area contributed by atoms with Crippen molar-refractivity contribution in [3.05, 3.63) is 53.9 Å². The van der Waals surface area contributed by atoms with E-state index in [9.17, 15) is 18.0 Å². The number of benzene rings is 2. The molecule has 0 bridgehead atoms. The number of carbonyl (C=O) groups excluding carboxylic acids is 2. The van der Waals surface area contributed by atoms with Gasteiger partial charge in [0.1, 0.15) is 11.5 Å². The second-order valence-electron chi connectivity index (χ2n) is 11.9. The van der Waals surface area contributed by atoms with Gasteiger partial charge in [-0.15, -0.1) is 9.89 Å². The first-order valence-corrected chi connectivity index (χ1v) is 16.4. The van der Waals surface area contributed by atoms with E-state index in [1.165, 1.54) is 11.7 Å². The average Bonchev–Trinajstić information content (AvgIpc) is 3.50. The Labute approximate surface area is 258 Å². The number of Topliss-reactive ketones (excluding diaryl/α,β-unsaturated/α-hetero) is 1. The summed E-state index contributed by atoms with van der Waals surface area (Å²) >= 11 is 0. The summed E-state index contributed by atoms with van der Waals surface area (Å²) in [5.74, 6) is 0.776. The number of rotatable bonds is 12. The molecule has 0 radical (unpaired) electrons. The molecule has 0 atom stereocenters. The highest BCUT2D eigenvalue weighted by Crippen LogP contribution is 2.31. The third-order valence-corrected chi connectivity index (χ3v) is 7.70. The van der Waals surface area contributed by atoms with Gasteiger partial charge in [0.15, 0.2) is 5.82 Å². The number of hydrogen-bond donors (Lipinski definition) is 2. The number of aliphatic imine (C=N–C) groups is 1. The van der Waals surface area contributed by atoms with E-state index in [-0.39, 0.29) is 29.9 Å². The summed E-state index contributed by atoms with van der Waals surface area (Å²) in [6, 6.07) is 13.2. The summed E-state index contributed by atoms with van der Waals surface area (Å²) in [7, 11) is -3.25. The SMILES string of the molecule is CCN(CCNS(C)(=O)=O)c1ccc(/N=C2/C(C(C)(C)C)=Nn3nc(-c4ccc(NC(=O)CCC(C)=O)cc4)nc32)c(C)c1. The number of aromatic nitrogens is 3. The molecule has 0 spiro atoms. The standard InChI is InChI=1S/C31H40N8O4S/c1-8-38(18-17-32-44(7,42)43)24-14-15-25(20(2)19-24)34-27-28(31(4,5)6)36-39-30(27)35-29(37-39)22-10-12-23(13-11-22)33-26(41)16-9-21(3)40/h10-15,19,32H,8-9,16-18H2,1-7H3,(H,33,41)/b34-27-. The molecule has 0 fully saturated rings. The van der Waals surface area contributed by atoms with E-state index in [0.29, 0.717) is 36.1 Å². The van der Waals surface area contributed by atoms with Gasteiger partial charge in [0, 0.05) is 54.8 Å². The molecule has 4 rings (SSSR count). The molecular formula is C31H40N8O4S. The number of sulfonamides is 1. The Morgan fingerprint density at radius 3 is 2.36 bits per heavy atom. The highest BCUT2D eigenvalue weighted by Gasteiger charge is 2.35. The van der Waals surface area contributed by atoms with Crippen molar-refractivity contribution in [2.24, 2.45) is 15.5 Å². The van der Waals surface area contributed by atoms with Gasteiger partial charge in [-0.1, -0.05) is 20.8 Å². The smallest absolute Gasteiger partial charge is 0.224 e. The van der Waals surface area contributed by atoms with Crippen molar-refractivity contribution in [2.45, 2.75) is 54.4 Å². The van der Waals surface area contributed by atoms with Crippen LogP contribution < -0.4 is 14.9 Å². The highest BCUT2D eigenvalue weighted by atomic mass is 32.2. The van der Waals surface area contributed by atoms with Crippen LogP contribution in [-0.2, 0) is 19.6 Å². The number of anilines is 2. The van der Waals surface area contributed by atoms with E-state index in [2.05, 4.69) is 40.8 Å². The van der Waals surface area contributed by atoms with Crippen molar-refractivity contribution in [1.82, 2.24) is 19.6 Å². The molecular weight excluding hydrogens is 580 g/mol. The number of nitrogens with one attached hydrogen (secondary N) is 2. The maximum Gasteiger partial charge on any atom is 0.224 e. The van der Waals surface area contributed by atoms with Crippen LogP contribution in [0.4, 0.5) is 17.1 Å². The predicted molar refractivity (Wildman–Crippen MR) is 174 cm³/mol. The van der Waals surface area contributed by atoms with Crippen molar-refractivity contribution in [1.29, 1.82) is 0 Å². The first-order valence-electron chi connectivity index (χ1n) is 14.5. The summed E-state index contributed by atoms with van der Waals surface area (Å²) in [4.78, 5) is 36.7. The number of carbonyl (C=O) groups is 2. The summed E-state index contributed by atoms with van der Waals surface area (Å²) in [6.45, 7) is 13.3. The molecule has 1 amide bonds. The Morgan fingerprint density at radius 1 is 1.07 bits per heavy atom. The Hall–Kier alpha value is -4.23. The van der Waals surface area contributed by atoms with Crippen molar-refractivity contribution >= 4 is 50.2 Å². The lowest BCUT2D eigenvalue weighted by Crippen LogP contribution is -2.34. The van der Waals surface area contributed by atoms with Gasteiger partial charge in [0.25, 0.3) is 0 Å². The lowest BCUT2D eigenvalue weighted by Gasteiger charge is -2.24. The minimum absolute atomic E-state index is 0.0262. The number of hydrogen-bond acceptors (Lipinski definition) is 9. The van der Waals surface area contributed by atoms with Gasteiger partial charge >= 0.3 is 0 Å². The van der Waals surface area contributed by atoms with E-state index >= 15 is 0 Å². The maximum absolute atomic E-state index is 12.1. The van der Waals surface area contributed by atoms with Crippen LogP contribution in [-0.4, -0.2) is 72.3 Å². The van der Waals surface area contributed by atoms with Gasteiger partial charge in [-0.25, -0.2) is 23.1 Å². The number of ketones is 1. The second kappa shape index (κ2) is 13.2. The molecule has 1 aliphatic heterocycles. The van der Waals surface area contributed by atoms with Crippen LogP contribution >= 0.6 is 0 Å². The Morgan fingerprint density at radius 2 is 1.77 bits per heavy atom. The maximum atomic E-state index is 12.1. The first kappa shape index (κ1) is 32.7. The van der Waals surface area contributed by atoms with E-state index in [1.54, 1.807) is 12.1 Å². The number of aryl methyl sites for hydroxylation is 1. The number of amides is 1. The lowest BCUT2D eigenvalue weighted by molar-refractivity contribution is -0.121. The van der Waals surface area contributed by atoms with Crippen LogP contribution in [0.15, 0.2) is 52.6 Å². The molecule has 0 aliphatic carbocycles. The zero-order valence-corrected chi connectivity index (χ0v) is 27.1. The van der Waals surface area contributed by atoms with Crippen molar-refractivity contribution in [2.75, 3.05) is 36.1 Å². The van der Waals surface area contributed by atoms with Crippen LogP contribution in [0.5, 0.6) is 0 Å². The average molecular weight is 621 g/mol. The molecule has 13 heteroatoms. The molecule has 2 heterocycles. The van der Waals surface area contributed by atoms with Gasteiger partial charge in [-0.3, -0.25) is 4.79 Å². The molecule has 44 heavy (non-hydrogen) atoms. The summed E-state index contributed by atoms with van der Waals surface area (Å²) in [5.41, 5.74) is 5.18. The van der Waals surface area contributed by atoms with E-state index in [4.69, 9.17) is 15.1 Å². The number of likely N-dealkylation sites (N-methyl/N-ethyl adjacent to an activating group) is 1. The van der Waals surface area contributed by atoms with Crippen LogP contribution in [0.3, 0.4) is 0 Å². The molecule has 2 N–H and O–H groups in total. The number of nitrogens with zero attached hydrogens (tertiary/aromatic N) is 6. The summed E-state index contributed by atoms with van der Waals surface area (Å²) in [6.07, 6.45) is 1.51. The molecule has 234 valence electrons. The topological polar surface area (TPSA) is 151 Å². The molecule has 0 unspecified atom stereocenters. The number of fused-ring (bicyclic) bond motifs is 1. The molecule has 2 aromatic carbocycles. The molecule has 1 aliphatic rings. The van der Waals surface area contributed by atoms with Gasteiger partial charge in [0.2, 0.25) is 21.8 Å². The third kappa shape index (κ3) is 8.23.